The molecule has 0 spiro atoms. The Morgan fingerprint density at radius 1 is 0.900 bits per heavy atom. The zero-order valence-electron chi connectivity index (χ0n) is 17.1. The van der Waals surface area contributed by atoms with Gasteiger partial charge in [0.25, 0.3) is 11.5 Å². The molecule has 30 heavy (non-hydrogen) atoms. The van der Waals surface area contributed by atoms with Crippen LogP contribution in [0, 0.1) is 6.92 Å². The van der Waals surface area contributed by atoms with Crippen molar-refractivity contribution in [1.82, 2.24) is 14.7 Å². The molecule has 4 rings (SSSR count). The largest absolute Gasteiger partial charge is 0.497 e. The Bertz CT molecular complexity index is 1080. The molecule has 2 heterocycles. The number of rotatable bonds is 4. The van der Waals surface area contributed by atoms with Gasteiger partial charge in [0.05, 0.1) is 12.8 Å². The Morgan fingerprint density at radius 3 is 2.20 bits per heavy atom. The fourth-order valence-corrected chi connectivity index (χ4v) is 3.50. The molecule has 1 amide bonds. The van der Waals surface area contributed by atoms with Gasteiger partial charge in [0.1, 0.15) is 11.6 Å². The van der Waals surface area contributed by atoms with Crippen LogP contribution in [0.1, 0.15) is 15.9 Å². The first kappa shape index (κ1) is 19.7. The van der Waals surface area contributed by atoms with E-state index in [1.54, 1.807) is 37.4 Å². The lowest BCUT2D eigenvalue weighted by atomic mass is 10.1. The number of aromatic nitrogens is 2. The third kappa shape index (κ3) is 4.05. The van der Waals surface area contributed by atoms with Crippen LogP contribution in [0.3, 0.4) is 0 Å². The highest BCUT2D eigenvalue weighted by atomic mass is 16.5. The van der Waals surface area contributed by atoms with E-state index in [2.05, 4.69) is 10.00 Å². The third-order valence-corrected chi connectivity index (χ3v) is 5.29. The Labute approximate surface area is 175 Å². The number of ether oxygens (including phenoxy) is 1. The molecule has 0 bridgehead atoms. The summed E-state index contributed by atoms with van der Waals surface area (Å²) in [6.45, 7) is 4.50. The van der Waals surface area contributed by atoms with Crippen molar-refractivity contribution in [2.45, 2.75) is 6.92 Å². The van der Waals surface area contributed by atoms with Gasteiger partial charge in [-0.1, -0.05) is 17.7 Å². The van der Waals surface area contributed by atoms with Crippen LogP contribution in [0.15, 0.2) is 65.5 Å². The van der Waals surface area contributed by atoms with E-state index < -0.39 is 0 Å². The lowest BCUT2D eigenvalue weighted by Crippen LogP contribution is -2.49. The number of hydrogen-bond donors (Lipinski definition) is 0. The van der Waals surface area contributed by atoms with E-state index in [1.807, 2.05) is 36.1 Å². The molecule has 0 radical (unpaired) electrons. The molecule has 7 nitrogen and oxygen atoms in total. The zero-order valence-corrected chi connectivity index (χ0v) is 17.1. The summed E-state index contributed by atoms with van der Waals surface area (Å²) in [6.07, 6.45) is 0. The van der Waals surface area contributed by atoms with Crippen molar-refractivity contribution in [3.63, 3.8) is 0 Å². The molecule has 0 atom stereocenters. The maximum Gasteiger partial charge on any atom is 0.271 e. The lowest BCUT2D eigenvalue weighted by Gasteiger charge is -2.35. The highest BCUT2D eigenvalue weighted by Gasteiger charge is 2.23. The fourth-order valence-electron chi connectivity index (χ4n) is 3.50. The van der Waals surface area contributed by atoms with Gasteiger partial charge in [-0.2, -0.15) is 4.68 Å². The van der Waals surface area contributed by atoms with E-state index >= 15 is 0 Å². The minimum absolute atomic E-state index is 0.00916. The predicted molar refractivity (Wildman–Crippen MR) is 116 cm³/mol. The van der Waals surface area contributed by atoms with Crippen LogP contribution < -0.4 is 15.2 Å². The number of benzene rings is 2. The molecule has 2 aromatic carbocycles. The van der Waals surface area contributed by atoms with Crippen molar-refractivity contribution < 1.29 is 9.53 Å². The van der Waals surface area contributed by atoms with Crippen molar-refractivity contribution >= 4 is 11.7 Å². The monoisotopic (exact) mass is 404 g/mol. The summed E-state index contributed by atoms with van der Waals surface area (Å²) < 4.78 is 6.57. The van der Waals surface area contributed by atoms with E-state index in [1.165, 1.54) is 10.7 Å². The Hall–Kier alpha value is -3.61. The molecule has 154 valence electrons. The van der Waals surface area contributed by atoms with Crippen LogP contribution in [0.4, 0.5) is 5.82 Å². The number of carbonyl (C=O) groups is 1. The molecule has 0 N–H and O–H groups in total. The number of aryl methyl sites for hydroxylation is 1. The SMILES string of the molecule is COc1ccc(C(=O)N2CCN(c3ccc(=O)n(-c4ccc(C)cc4)n3)CC2)cc1. The minimum Gasteiger partial charge on any atom is -0.497 e. The summed E-state index contributed by atoms with van der Waals surface area (Å²) in [6, 6.07) is 18.1. The predicted octanol–water partition coefficient (Wildman–Crippen LogP) is 2.51. The lowest BCUT2D eigenvalue weighted by molar-refractivity contribution is 0.0746. The van der Waals surface area contributed by atoms with Crippen molar-refractivity contribution in [3.8, 4) is 11.4 Å². The molecule has 1 saturated heterocycles. The van der Waals surface area contributed by atoms with Gasteiger partial charge in [0, 0.05) is 37.8 Å². The molecule has 3 aromatic rings. The van der Waals surface area contributed by atoms with E-state index in [0.29, 0.717) is 31.7 Å². The molecule has 7 heteroatoms. The summed E-state index contributed by atoms with van der Waals surface area (Å²) in [5.41, 5.74) is 2.34. The van der Waals surface area contributed by atoms with E-state index in [-0.39, 0.29) is 11.5 Å². The molecule has 1 fully saturated rings. The topological polar surface area (TPSA) is 67.7 Å². The van der Waals surface area contributed by atoms with E-state index in [0.717, 1.165) is 22.8 Å². The fraction of sp³-hybridized carbons (Fsp3) is 0.261. The summed E-state index contributed by atoms with van der Waals surface area (Å²) in [5, 5.41) is 4.56. The summed E-state index contributed by atoms with van der Waals surface area (Å²) >= 11 is 0. The second-order valence-electron chi connectivity index (χ2n) is 7.28. The first-order valence-electron chi connectivity index (χ1n) is 9.91. The van der Waals surface area contributed by atoms with Gasteiger partial charge in [-0.25, -0.2) is 0 Å². The first-order valence-corrected chi connectivity index (χ1v) is 9.91. The number of nitrogens with zero attached hydrogens (tertiary/aromatic N) is 4. The molecule has 1 aliphatic rings. The van der Waals surface area contributed by atoms with Crippen molar-refractivity contribution in [3.05, 3.63) is 82.1 Å². The summed E-state index contributed by atoms with van der Waals surface area (Å²) in [7, 11) is 1.60. The van der Waals surface area contributed by atoms with Crippen LogP contribution in [0.2, 0.25) is 0 Å². The highest BCUT2D eigenvalue weighted by molar-refractivity contribution is 5.94. The van der Waals surface area contributed by atoms with Gasteiger partial charge in [-0.3, -0.25) is 9.59 Å². The Kier molecular flexibility index (Phi) is 5.52. The van der Waals surface area contributed by atoms with Crippen molar-refractivity contribution in [1.29, 1.82) is 0 Å². The zero-order chi connectivity index (χ0) is 21.1. The standard InChI is InChI=1S/C23H24N4O3/c1-17-3-7-19(8-4-17)27-22(28)12-11-21(24-27)25-13-15-26(16-14-25)23(29)18-5-9-20(30-2)10-6-18/h3-12H,13-16H2,1-2H3. The molecule has 0 saturated carbocycles. The molecule has 0 unspecified atom stereocenters. The van der Waals surface area contributed by atoms with Gasteiger partial charge in [-0.15, -0.1) is 5.10 Å². The normalized spacial score (nSPS) is 13.9. The maximum absolute atomic E-state index is 12.8. The smallest absolute Gasteiger partial charge is 0.271 e. The van der Waals surface area contributed by atoms with Gasteiger partial charge < -0.3 is 14.5 Å². The van der Waals surface area contributed by atoms with Crippen LogP contribution in [-0.4, -0.2) is 53.9 Å². The number of piperazine rings is 1. The van der Waals surface area contributed by atoms with Gasteiger partial charge >= 0.3 is 0 Å². The molecular weight excluding hydrogens is 380 g/mol. The number of anilines is 1. The van der Waals surface area contributed by atoms with Gasteiger partial charge in [-0.05, 0) is 49.4 Å². The molecule has 0 aliphatic carbocycles. The minimum atomic E-state index is -0.170. The highest BCUT2D eigenvalue weighted by Crippen LogP contribution is 2.17. The number of hydrogen-bond acceptors (Lipinski definition) is 5. The number of carbonyl (C=O) groups excluding carboxylic acids is 1. The van der Waals surface area contributed by atoms with Crippen LogP contribution >= 0.6 is 0 Å². The van der Waals surface area contributed by atoms with Crippen LogP contribution in [0.25, 0.3) is 5.69 Å². The molecular formula is C23H24N4O3. The first-order chi connectivity index (χ1) is 14.5. The average molecular weight is 404 g/mol. The quantitative estimate of drug-likeness (QED) is 0.668. The van der Waals surface area contributed by atoms with Gasteiger partial charge in [0.15, 0.2) is 0 Å². The van der Waals surface area contributed by atoms with Crippen LogP contribution in [-0.2, 0) is 0 Å². The Balaban J connectivity index is 1.46. The second-order valence-corrected chi connectivity index (χ2v) is 7.28. The summed E-state index contributed by atoms with van der Waals surface area (Å²) in [5.74, 6) is 1.47. The van der Waals surface area contributed by atoms with E-state index in [4.69, 9.17) is 4.74 Å². The van der Waals surface area contributed by atoms with E-state index in [9.17, 15) is 9.59 Å². The van der Waals surface area contributed by atoms with Crippen molar-refractivity contribution in [2.24, 2.45) is 0 Å². The maximum atomic E-state index is 12.8. The average Bonchev–Trinajstić information content (AvgIpc) is 2.80. The molecule has 1 aromatic heterocycles. The second kappa shape index (κ2) is 8.41. The summed E-state index contributed by atoms with van der Waals surface area (Å²) in [4.78, 5) is 29.0. The van der Waals surface area contributed by atoms with Gasteiger partial charge in [0.2, 0.25) is 0 Å². The van der Waals surface area contributed by atoms with Crippen molar-refractivity contribution in [2.75, 3.05) is 38.2 Å². The molecule has 1 aliphatic heterocycles. The number of methoxy groups -OCH3 is 1. The third-order valence-electron chi connectivity index (χ3n) is 5.29. The Morgan fingerprint density at radius 2 is 1.57 bits per heavy atom. The van der Waals surface area contributed by atoms with Crippen LogP contribution in [0.5, 0.6) is 5.75 Å². The number of amides is 1.